The van der Waals surface area contributed by atoms with E-state index in [4.69, 9.17) is 14.2 Å². The van der Waals surface area contributed by atoms with Gasteiger partial charge in [-0.05, 0) is 6.42 Å². The molecule has 0 aromatic rings. The predicted octanol–water partition coefficient (Wildman–Crippen LogP) is 6.08. The lowest BCUT2D eigenvalue weighted by Crippen LogP contribution is -2.12. The number of carbonyl (C=O) groups is 1. The number of ether oxygens (including phenoxy) is 4. The number of methoxy groups -OCH3 is 1. The molecule has 0 radical (unpaired) electrons. The summed E-state index contributed by atoms with van der Waals surface area (Å²) in [6.07, 6.45) is 19.6. The Morgan fingerprint density at radius 3 is 1.34 bits per heavy atom. The quantitative estimate of drug-likeness (QED) is 0.141. The Morgan fingerprint density at radius 1 is 0.517 bits per heavy atom. The van der Waals surface area contributed by atoms with Gasteiger partial charge in [-0.25, -0.2) is 0 Å². The summed E-state index contributed by atoms with van der Waals surface area (Å²) in [5.41, 5.74) is 0. The van der Waals surface area contributed by atoms with Gasteiger partial charge in [-0.15, -0.1) is 0 Å². The molecule has 29 heavy (non-hydrogen) atoms. The van der Waals surface area contributed by atoms with Crippen molar-refractivity contribution in [2.45, 2.75) is 103 Å². The van der Waals surface area contributed by atoms with Crippen LogP contribution in [0, 0.1) is 0 Å². The van der Waals surface area contributed by atoms with Crippen LogP contribution < -0.4 is 0 Å². The maximum atomic E-state index is 10.9. The van der Waals surface area contributed by atoms with Crippen LogP contribution in [0.5, 0.6) is 0 Å². The molecule has 5 nitrogen and oxygen atoms in total. The maximum Gasteiger partial charge on any atom is 0.307 e. The summed E-state index contributed by atoms with van der Waals surface area (Å²) in [5, 5.41) is 0. The molecular weight excluding hydrogens is 368 g/mol. The van der Waals surface area contributed by atoms with Gasteiger partial charge in [0.25, 0.3) is 0 Å². The minimum absolute atomic E-state index is 0.247. The second-order valence-electron chi connectivity index (χ2n) is 7.76. The van der Waals surface area contributed by atoms with Crippen molar-refractivity contribution in [3.05, 3.63) is 0 Å². The molecule has 174 valence electrons. The first kappa shape index (κ1) is 28.4. The van der Waals surface area contributed by atoms with E-state index >= 15 is 0 Å². The minimum Gasteiger partial charge on any atom is -0.469 e. The first-order valence-electron chi connectivity index (χ1n) is 12.1. The zero-order valence-electron chi connectivity index (χ0n) is 19.4. The van der Waals surface area contributed by atoms with Crippen LogP contribution in [-0.2, 0) is 23.7 Å². The Balaban J connectivity index is 3.01. The number of hydrogen-bond acceptors (Lipinski definition) is 5. The van der Waals surface area contributed by atoms with E-state index in [0.717, 1.165) is 13.0 Å². The fourth-order valence-electron chi connectivity index (χ4n) is 3.20. The molecule has 0 saturated carbocycles. The smallest absolute Gasteiger partial charge is 0.307 e. The van der Waals surface area contributed by atoms with E-state index in [0.29, 0.717) is 39.5 Å². The molecule has 0 aromatic heterocycles. The van der Waals surface area contributed by atoms with Gasteiger partial charge >= 0.3 is 5.97 Å². The number of hydrogen-bond donors (Lipinski definition) is 0. The molecule has 0 amide bonds. The second-order valence-corrected chi connectivity index (χ2v) is 7.76. The molecular formula is C24H48O5. The molecule has 0 aromatic carbocycles. The summed E-state index contributed by atoms with van der Waals surface area (Å²) in [5.74, 6) is -0.247. The van der Waals surface area contributed by atoms with Crippen molar-refractivity contribution in [3.8, 4) is 0 Å². The van der Waals surface area contributed by atoms with Crippen LogP contribution in [0.4, 0.5) is 0 Å². The van der Waals surface area contributed by atoms with Crippen LogP contribution in [0.3, 0.4) is 0 Å². The van der Waals surface area contributed by atoms with Crippen molar-refractivity contribution in [1.29, 1.82) is 0 Å². The third kappa shape index (κ3) is 25.3. The van der Waals surface area contributed by atoms with E-state index in [1.807, 2.05) is 0 Å². The topological polar surface area (TPSA) is 54.0 Å². The molecule has 0 N–H and O–H groups in total. The van der Waals surface area contributed by atoms with Crippen LogP contribution >= 0.6 is 0 Å². The minimum atomic E-state index is -0.247. The molecule has 0 spiro atoms. The van der Waals surface area contributed by atoms with Gasteiger partial charge in [0.15, 0.2) is 0 Å². The largest absolute Gasteiger partial charge is 0.469 e. The van der Waals surface area contributed by atoms with E-state index in [9.17, 15) is 4.79 Å². The van der Waals surface area contributed by atoms with E-state index in [1.165, 1.54) is 90.6 Å². The van der Waals surface area contributed by atoms with Gasteiger partial charge in [-0.3, -0.25) is 4.79 Å². The third-order valence-corrected chi connectivity index (χ3v) is 5.06. The van der Waals surface area contributed by atoms with Crippen molar-refractivity contribution in [2.75, 3.05) is 46.8 Å². The number of rotatable bonds is 24. The fourth-order valence-corrected chi connectivity index (χ4v) is 3.20. The standard InChI is InChI=1S/C24H48O5/c1-3-4-5-6-7-8-9-10-11-12-13-14-15-16-18-27-20-22-29-23-21-28-19-17-24(25)26-2/h3-23H2,1-2H3. The van der Waals surface area contributed by atoms with Crippen molar-refractivity contribution < 1.29 is 23.7 Å². The Bertz CT molecular complexity index is 322. The zero-order chi connectivity index (χ0) is 21.3. The van der Waals surface area contributed by atoms with Gasteiger partial charge in [-0.1, -0.05) is 90.4 Å². The Hall–Kier alpha value is -0.650. The van der Waals surface area contributed by atoms with Gasteiger partial charge < -0.3 is 18.9 Å². The summed E-state index contributed by atoms with van der Waals surface area (Å²) >= 11 is 0. The highest BCUT2D eigenvalue weighted by Gasteiger charge is 1.99. The summed E-state index contributed by atoms with van der Waals surface area (Å²) in [7, 11) is 1.38. The van der Waals surface area contributed by atoms with Crippen LogP contribution in [0.1, 0.15) is 103 Å². The highest BCUT2D eigenvalue weighted by molar-refractivity contribution is 5.69. The molecule has 0 rings (SSSR count). The van der Waals surface area contributed by atoms with Crippen molar-refractivity contribution in [2.24, 2.45) is 0 Å². The van der Waals surface area contributed by atoms with Crippen LogP contribution in [-0.4, -0.2) is 52.7 Å². The average molecular weight is 417 g/mol. The molecule has 5 heteroatoms. The Labute approximate surface area is 180 Å². The van der Waals surface area contributed by atoms with E-state index in [1.54, 1.807) is 0 Å². The van der Waals surface area contributed by atoms with Crippen LogP contribution in [0.15, 0.2) is 0 Å². The van der Waals surface area contributed by atoms with E-state index in [-0.39, 0.29) is 5.97 Å². The number of carbonyl (C=O) groups excluding carboxylic acids is 1. The second kappa shape index (κ2) is 25.4. The lowest BCUT2D eigenvalue weighted by Gasteiger charge is -2.07. The first-order chi connectivity index (χ1) is 14.3. The van der Waals surface area contributed by atoms with Crippen molar-refractivity contribution in [3.63, 3.8) is 0 Å². The SMILES string of the molecule is CCCCCCCCCCCCCCCCOCCOCCOCCC(=O)OC. The molecule has 0 aliphatic rings. The predicted molar refractivity (Wildman–Crippen MR) is 119 cm³/mol. The van der Waals surface area contributed by atoms with E-state index < -0.39 is 0 Å². The first-order valence-corrected chi connectivity index (χ1v) is 12.1. The molecule has 0 atom stereocenters. The average Bonchev–Trinajstić information content (AvgIpc) is 2.74. The summed E-state index contributed by atoms with van der Waals surface area (Å²) in [6, 6.07) is 0. The van der Waals surface area contributed by atoms with Crippen molar-refractivity contribution in [1.82, 2.24) is 0 Å². The lowest BCUT2D eigenvalue weighted by atomic mass is 10.0. The summed E-state index contributed by atoms with van der Waals surface area (Å²) in [6.45, 7) is 5.75. The number of esters is 1. The molecule has 0 bridgehead atoms. The Morgan fingerprint density at radius 2 is 0.897 bits per heavy atom. The van der Waals surface area contributed by atoms with Gasteiger partial charge in [-0.2, -0.15) is 0 Å². The van der Waals surface area contributed by atoms with Crippen molar-refractivity contribution >= 4 is 5.97 Å². The van der Waals surface area contributed by atoms with Gasteiger partial charge in [0.1, 0.15) is 0 Å². The molecule has 0 aliphatic carbocycles. The molecule has 0 unspecified atom stereocenters. The highest BCUT2D eigenvalue weighted by atomic mass is 16.5. The molecule has 0 heterocycles. The highest BCUT2D eigenvalue weighted by Crippen LogP contribution is 2.12. The fraction of sp³-hybridized carbons (Fsp3) is 0.958. The van der Waals surface area contributed by atoms with Crippen LogP contribution in [0.25, 0.3) is 0 Å². The maximum absolute atomic E-state index is 10.9. The van der Waals surface area contributed by atoms with Gasteiger partial charge in [0.05, 0.1) is 46.6 Å². The third-order valence-electron chi connectivity index (χ3n) is 5.06. The molecule has 0 saturated heterocycles. The van der Waals surface area contributed by atoms with E-state index in [2.05, 4.69) is 11.7 Å². The van der Waals surface area contributed by atoms with Crippen LogP contribution in [0.2, 0.25) is 0 Å². The number of unbranched alkanes of at least 4 members (excludes halogenated alkanes) is 13. The van der Waals surface area contributed by atoms with Gasteiger partial charge in [0.2, 0.25) is 0 Å². The summed E-state index contributed by atoms with van der Waals surface area (Å²) < 4.78 is 20.8. The molecule has 0 fully saturated rings. The zero-order valence-corrected chi connectivity index (χ0v) is 19.4. The lowest BCUT2D eigenvalue weighted by molar-refractivity contribution is -0.141. The van der Waals surface area contributed by atoms with Gasteiger partial charge in [0, 0.05) is 6.61 Å². The Kier molecular flexibility index (Phi) is 24.8. The monoisotopic (exact) mass is 416 g/mol. The summed E-state index contributed by atoms with van der Waals surface area (Å²) in [4.78, 5) is 10.9. The normalized spacial score (nSPS) is 11.1. The molecule has 0 aliphatic heterocycles.